The second-order valence-corrected chi connectivity index (χ2v) is 10.5. The smallest absolute Gasteiger partial charge is 0.417 e. The fourth-order valence-electron chi connectivity index (χ4n) is 4.03. The molecular weight excluding hydrogens is 519 g/mol. The molecule has 0 atom stereocenters. The molecule has 1 aromatic rings. The van der Waals surface area contributed by atoms with E-state index in [0.29, 0.717) is 12.8 Å². The number of carbonyl (C=O) groups excluding carboxylic acids is 2. The Morgan fingerprint density at radius 1 is 1.03 bits per heavy atom. The highest BCUT2D eigenvalue weighted by Gasteiger charge is 2.38. The molecule has 8 nitrogen and oxygen atoms in total. The predicted molar refractivity (Wildman–Crippen MR) is 109 cm³/mol. The van der Waals surface area contributed by atoms with Gasteiger partial charge in [0.25, 0.3) is 0 Å². The summed E-state index contributed by atoms with van der Waals surface area (Å²) in [4.78, 5) is 25.5. The van der Waals surface area contributed by atoms with Gasteiger partial charge in [0, 0.05) is 42.6 Å². The van der Waals surface area contributed by atoms with Crippen LogP contribution < -0.4 is 9.83 Å². The average molecular weight is 541 g/mol. The summed E-state index contributed by atoms with van der Waals surface area (Å²) in [7, 11) is -4.42. The number of hydrogen-bond donors (Lipinski definition) is 1. The first-order valence-corrected chi connectivity index (χ1v) is 12.3. The van der Waals surface area contributed by atoms with Gasteiger partial charge in [-0.25, -0.2) is 13.1 Å². The van der Waals surface area contributed by atoms with Gasteiger partial charge in [-0.1, -0.05) is 15.9 Å². The molecule has 13 heteroatoms. The third-order valence-corrected chi connectivity index (χ3v) is 7.84. The van der Waals surface area contributed by atoms with Gasteiger partial charge in [-0.2, -0.15) is 13.2 Å². The largest absolute Gasteiger partial charge is 0.530 e. The second kappa shape index (κ2) is 9.56. The van der Waals surface area contributed by atoms with E-state index in [1.165, 1.54) is 6.07 Å². The molecule has 2 saturated heterocycles. The molecule has 0 saturated carbocycles. The van der Waals surface area contributed by atoms with E-state index in [4.69, 9.17) is 0 Å². The summed E-state index contributed by atoms with van der Waals surface area (Å²) in [6, 6.07) is 2.26. The molecule has 178 valence electrons. The number of amides is 2. The third-order valence-electron chi connectivity index (χ3n) is 5.77. The summed E-state index contributed by atoms with van der Waals surface area (Å²) in [5.74, 6) is -0.424. The van der Waals surface area contributed by atoms with Crippen molar-refractivity contribution < 1.29 is 36.3 Å². The van der Waals surface area contributed by atoms with Crippen molar-refractivity contribution in [2.24, 2.45) is 5.92 Å². The van der Waals surface area contributed by atoms with Crippen LogP contribution in [0, 0.1) is 5.92 Å². The van der Waals surface area contributed by atoms with E-state index in [0.717, 1.165) is 17.0 Å². The Bertz CT molecular complexity index is 973. The molecule has 0 aromatic heterocycles. The Labute approximate surface area is 191 Å². The minimum atomic E-state index is -4.84. The van der Waals surface area contributed by atoms with Gasteiger partial charge in [0.2, 0.25) is 15.9 Å². The molecule has 2 heterocycles. The van der Waals surface area contributed by atoms with E-state index >= 15 is 0 Å². The van der Waals surface area contributed by atoms with Crippen molar-refractivity contribution in [1.82, 2.24) is 14.5 Å². The highest BCUT2D eigenvalue weighted by Crippen LogP contribution is 2.36. The maximum Gasteiger partial charge on any atom is 0.417 e. The van der Waals surface area contributed by atoms with E-state index in [9.17, 15) is 36.3 Å². The van der Waals surface area contributed by atoms with Gasteiger partial charge in [0.1, 0.15) is 6.09 Å². The number of carbonyl (C=O) groups is 2. The van der Waals surface area contributed by atoms with Gasteiger partial charge in [-0.05, 0) is 43.9 Å². The van der Waals surface area contributed by atoms with E-state index < -0.39 is 38.8 Å². The van der Waals surface area contributed by atoms with Crippen LogP contribution in [0.3, 0.4) is 0 Å². The topological polar surface area (TPSA) is 110 Å². The minimum absolute atomic E-state index is 0.112. The minimum Gasteiger partial charge on any atom is -0.530 e. The maximum absolute atomic E-state index is 13.3. The Morgan fingerprint density at radius 3 is 2.12 bits per heavy atom. The number of alkyl halides is 3. The normalized spacial score (nSPS) is 19.2. The molecule has 2 amide bonds. The zero-order valence-corrected chi connectivity index (χ0v) is 19.3. The first-order chi connectivity index (χ1) is 14.9. The molecule has 0 aliphatic carbocycles. The summed E-state index contributed by atoms with van der Waals surface area (Å²) in [6.07, 6.45) is -4.78. The van der Waals surface area contributed by atoms with Crippen LogP contribution in [0.2, 0.25) is 0 Å². The number of benzene rings is 1. The lowest BCUT2D eigenvalue weighted by Gasteiger charge is -2.38. The molecule has 1 aromatic carbocycles. The predicted octanol–water partition coefficient (Wildman–Crippen LogP) is 1.79. The summed E-state index contributed by atoms with van der Waals surface area (Å²) in [6.45, 7) is 0.978. The lowest BCUT2D eigenvalue weighted by Crippen LogP contribution is -2.51. The number of likely N-dealkylation sites (tertiary alicyclic amines) is 2. The zero-order chi connectivity index (χ0) is 23.7. The number of sulfonamides is 1. The van der Waals surface area contributed by atoms with Crippen molar-refractivity contribution in [1.29, 1.82) is 0 Å². The van der Waals surface area contributed by atoms with Crippen LogP contribution in [0.15, 0.2) is 27.6 Å². The SMILES string of the molecule is O=C([O-])N1CCC(C(=O)N2CCC(NS(=O)(=O)c3ccc(Br)cc3C(F)(F)F)CC2)CC1. The molecule has 0 radical (unpaired) electrons. The van der Waals surface area contributed by atoms with Crippen molar-refractivity contribution in [3.63, 3.8) is 0 Å². The van der Waals surface area contributed by atoms with E-state index in [1.807, 2.05) is 0 Å². The van der Waals surface area contributed by atoms with Crippen molar-refractivity contribution in [3.05, 3.63) is 28.2 Å². The quantitative estimate of drug-likeness (QED) is 0.626. The number of nitrogens with one attached hydrogen (secondary N) is 1. The molecule has 3 rings (SSSR count). The number of hydrogen-bond acceptors (Lipinski definition) is 5. The lowest BCUT2D eigenvalue weighted by atomic mass is 9.94. The maximum atomic E-state index is 13.3. The Morgan fingerprint density at radius 2 is 1.59 bits per heavy atom. The molecule has 2 fully saturated rings. The average Bonchev–Trinajstić information content (AvgIpc) is 2.72. The first-order valence-electron chi connectivity index (χ1n) is 10.0. The highest BCUT2D eigenvalue weighted by molar-refractivity contribution is 9.10. The zero-order valence-electron chi connectivity index (χ0n) is 16.9. The molecule has 0 bridgehead atoms. The first kappa shape index (κ1) is 24.8. The van der Waals surface area contributed by atoms with Crippen molar-refractivity contribution in [2.75, 3.05) is 26.2 Å². The number of nitrogens with zero attached hydrogens (tertiary/aromatic N) is 2. The van der Waals surface area contributed by atoms with Crippen molar-refractivity contribution in [2.45, 2.75) is 42.8 Å². The van der Waals surface area contributed by atoms with Gasteiger partial charge in [0.15, 0.2) is 0 Å². The fourth-order valence-corrected chi connectivity index (χ4v) is 5.90. The van der Waals surface area contributed by atoms with Crippen LogP contribution in [-0.2, 0) is 21.0 Å². The monoisotopic (exact) mass is 540 g/mol. The summed E-state index contributed by atoms with van der Waals surface area (Å²) < 4.78 is 67.8. The molecular formula is C19H22BrF3N3O5S-. The number of carboxylic acid groups (broad SMARTS) is 1. The van der Waals surface area contributed by atoms with Crippen molar-refractivity contribution >= 4 is 38.0 Å². The Hall–Kier alpha value is -1.86. The van der Waals surface area contributed by atoms with Crippen LogP contribution in [0.5, 0.6) is 0 Å². The van der Waals surface area contributed by atoms with Gasteiger partial charge in [-0.3, -0.25) is 4.79 Å². The van der Waals surface area contributed by atoms with Gasteiger partial charge in [0.05, 0.1) is 10.5 Å². The van der Waals surface area contributed by atoms with Crippen LogP contribution in [0.1, 0.15) is 31.2 Å². The van der Waals surface area contributed by atoms with E-state index in [-0.39, 0.29) is 55.3 Å². The van der Waals surface area contributed by atoms with Crippen LogP contribution in [-0.4, -0.2) is 62.4 Å². The van der Waals surface area contributed by atoms with Crippen LogP contribution in [0.25, 0.3) is 0 Å². The fraction of sp³-hybridized carbons (Fsp3) is 0.579. The van der Waals surface area contributed by atoms with E-state index in [2.05, 4.69) is 20.7 Å². The third kappa shape index (κ3) is 5.73. The molecule has 1 N–H and O–H groups in total. The number of piperidine rings is 2. The summed E-state index contributed by atoms with van der Waals surface area (Å²) >= 11 is 2.93. The van der Waals surface area contributed by atoms with Crippen LogP contribution >= 0.6 is 15.9 Å². The lowest BCUT2D eigenvalue weighted by molar-refractivity contribution is -0.266. The highest BCUT2D eigenvalue weighted by atomic mass is 79.9. The standard InChI is InChI=1S/C19H23BrF3N3O5S/c20-13-1-2-16(15(11-13)19(21,22)23)32(30,31)24-14-5-9-25(10-6-14)17(27)12-3-7-26(8-4-12)18(28)29/h1-2,11-12,14,24H,3-10H2,(H,28,29)/p-1. The number of halogens is 4. The van der Waals surface area contributed by atoms with Crippen LogP contribution in [0.4, 0.5) is 18.0 Å². The Kier molecular flexibility index (Phi) is 7.40. The van der Waals surface area contributed by atoms with Gasteiger partial charge < -0.3 is 19.7 Å². The van der Waals surface area contributed by atoms with E-state index in [1.54, 1.807) is 4.90 Å². The molecule has 0 spiro atoms. The second-order valence-electron chi connectivity index (χ2n) is 7.89. The number of rotatable bonds is 4. The molecule has 32 heavy (non-hydrogen) atoms. The van der Waals surface area contributed by atoms with Gasteiger partial charge >= 0.3 is 6.18 Å². The Balaban J connectivity index is 1.59. The summed E-state index contributed by atoms with van der Waals surface area (Å²) in [5, 5.41) is 10.9. The van der Waals surface area contributed by atoms with Crippen molar-refractivity contribution in [3.8, 4) is 0 Å². The summed E-state index contributed by atoms with van der Waals surface area (Å²) in [5.41, 5.74) is -1.25. The molecule has 2 aliphatic heterocycles. The molecule has 2 aliphatic rings. The molecule has 0 unspecified atom stereocenters. The van der Waals surface area contributed by atoms with Gasteiger partial charge in [-0.15, -0.1) is 0 Å².